The Morgan fingerprint density at radius 2 is 1.96 bits per heavy atom. The van der Waals surface area contributed by atoms with Crippen LogP contribution in [0.4, 0.5) is 5.69 Å². The van der Waals surface area contributed by atoms with Crippen molar-refractivity contribution >= 4 is 39.3 Å². The molecule has 0 saturated carbocycles. The SMILES string of the molecule is Cc1cc(Br)ccc1NC(=O)CSc1nc(Cc2ccccc2)c(C)[nH]1. The van der Waals surface area contributed by atoms with Crippen molar-refractivity contribution in [3.05, 3.63) is 75.5 Å². The van der Waals surface area contributed by atoms with Crippen LogP contribution >= 0.6 is 27.7 Å². The van der Waals surface area contributed by atoms with Crippen LogP contribution in [0.1, 0.15) is 22.5 Å². The lowest BCUT2D eigenvalue weighted by molar-refractivity contribution is -0.113. The Kier molecular flexibility index (Phi) is 6.16. The van der Waals surface area contributed by atoms with Crippen LogP contribution in [0, 0.1) is 13.8 Å². The summed E-state index contributed by atoms with van der Waals surface area (Å²) in [5, 5.41) is 3.72. The van der Waals surface area contributed by atoms with Crippen molar-refractivity contribution in [2.75, 3.05) is 11.1 Å². The molecule has 134 valence electrons. The van der Waals surface area contributed by atoms with E-state index in [1.54, 1.807) is 0 Å². The average molecular weight is 430 g/mol. The van der Waals surface area contributed by atoms with E-state index in [1.165, 1.54) is 17.3 Å². The number of thioether (sulfide) groups is 1. The molecule has 0 atom stereocenters. The number of H-pyrrole nitrogens is 1. The van der Waals surface area contributed by atoms with E-state index >= 15 is 0 Å². The van der Waals surface area contributed by atoms with Crippen LogP contribution in [0.3, 0.4) is 0 Å². The number of hydrogen-bond acceptors (Lipinski definition) is 3. The smallest absolute Gasteiger partial charge is 0.234 e. The third kappa shape index (κ3) is 4.99. The van der Waals surface area contributed by atoms with Gasteiger partial charge < -0.3 is 10.3 Å². The molecule has 0 aliphatic rings. The monoisotopic (exact) mass is 429 g/mol. The quantitative estimate of drug-likeness (QED) is 0.535. The molecule has 0 fully saturated rings. The zero-order valence-electron chi connectivity index (χ0n) is 14.7. The maximum atomic E-state index is 12.2. The Bertz CT molecular complexity index is 909. The summed E-state index contributed by atoms with van der Waals surface area (Å²) < 4.78 is 0.999. The molecule has 4 nitrogen and oxygen atoms in total. The normalized spacial score (nSPS) is 10.7. The van der Waals surface area contributed by atoms with Crippen LogP contribution in [-0.4, -0.2) is 21.6 Å². The molecule has 6 heteroatoms. The number of nitrogens with zero attached hydrogens (tertiary/aromatic N) is 1. The number of benzene rings is 2. The highest BCUT2D eigenvalue weighted by Gasteiger charge is 2.11. The van der Waals surface area contributed by atoms with Crippen molar-refractivity contribution in [3.63, 3.8) is 0 Å². The molecular formula is C20H20BrN3OS. The molecule has 0 bridgehead atoms. The number of aromatic amines is 1. The fourth-order valence-electron chi connectivity index (χ4n) is 2.58. The predicted molar refractivity (Wildman–Crippen MR) is 111 cm³/mol. The fourth-order valence-corrected chi connectivity index (χ4v) is 3.80. The number of aromatic nitrogens is 2. The second-order valence-corrected chi connectivity index (χ2v) is 7.95. The van der Waals surface area contributed by atoms with Crippen molar-refractivity contribution in [1.29, 1.82) is 0 Å². The topological polar surface area (TPSA) is 57.8 Å². The summed E-state index contributed by atoms with van der Waals surface area (Å²) in [5.41, 5.74) is 5.14. The van der Waals surface area contributed by atoms with Gasteiger partial charge in [-0.2, -0.15) is 0 Å². The number of amides is 1. The Morgan fingerprint density at radius 1 is 1.19 bits per heavy atom. The molecule has 0 saturated heterocycles. The van der Waals surface area contributed by atoms with Gasteiger partial charge in [-0.05, 0) is 43.2 Å². The number of carbonyl (C=O) groups excluding carboxylic acids is 1. The average Bonchev–Trinajstić information content (AvgIpc) is 2.96. The zero-order chi connectivity index (χ0) is 18.5. The standard InChI is InChI=1S/C20H20BrN3OS/c1-13-10-16(21)8-9-17(13)23-19(25)12-26-20-22-14(2)18(24-20)11-15-6-4-3-5-7-15/h3-10H,11-12H2,1-2H3,(H,22,24)(H,23,25). The van der Waals surface area contributed by atoms with Gasteiger partial charge in [-0.25, -0.2) is 4.98 Å². The number of rotatable bonds is 6. The van der Waals surface area contributed by atoms with Gasteiger partial charge >= 0.3 is 0 Å². The highest BCUT2D eigenvalue weighted by molar-refractivity contribution is 9.10. The summed E-state index contributed by atoms with van der Waals surface area (Å²) in [4.78, 5) is 20.1. The van der Waals surface area contributed by atoms with Gasteiger partial charge in [-0.3, -0.25) is 4.79 Å². The van der Waals surface area contributed by atoms with Gasteiger partial charge in [0.15, 0.2) is 5.16 Å². The Hall–Kier alpha value is -2.05. The number of halogens is 1. The van der Waals surface area contributed by atoms with E-state index in [4.69, 9.17) is 0 Å². The maximum Gasteiger partial charge on any atom is 0.234 e. The lowest BCUT2D eigenvalue weighted by atomic mass is 10.1. The van der Waals surface area contributed by atoms with E-state index in [0.29, 0.717) is 5.75 Å². The maximum absolute atomic E-state index is 12.2. The van der Waals surface area contributed by atoms with E-state index < -0.39 is 0 Å². The molecule has 2 N–H and O–H groups in total. The van der Waals surface area contributed by atoms with Crippen molar-refractivity contribution in [1.82, 2.24) is 9.97 Å². The van der Waals surface area contributed by atoms with E-state index in [0.717, 1.165) is 38.7 Å². The molecule has 1 amide bonds. The summed E-state index contributed by atoms with van der Waals surface area (Å²) in [5.74, 6) is 0.270. The van der Waals surface area contributed by atoms with E-state index in [-0.39, 0.29) is 5.91 Å². The number of aryl methyl sites for hydroxylation is 2. The predicted octanol–water partition coefficient (Wildman–Crippen LogP) is 5.11. The zero-order valence-corrected chi connectivity index (χ0v) is 17.1. The number of carbonyl (C=O) groups is 1. The summed E-state index contributed by atoms with van der Waals surface area (Å²) in [6.45, 7) is 3.99. The third-order valence-electron chi connectivity index (χ3n) is 3.98. The molecule has 3 aromatic rings. The fraction of sp³-hybridized carbons (Fsp3) is 0.200. The van der Waals surface area contributed by atoms with Gasteiger partial charge in [0.1, 0.15) is 0 Å². The van der Waals surface area contributed by atoms with E-state index in [9.17, 15) is 4.79 Å². The van der Waals surface area contributed by atoms with Gasteiger partial charge in [0.05, 0.1) is 11.4 Å². The minimum absolute atomic E-state index is 0.0425. The molecule has 2 aromatic carbocycles. The summed E-state index contributed by atoms with van der Waals surface area (Å²) in [7, 11) is 0. The summed E-state index contributed by atoms with van der Waals surface area (Å²) in [6, 6.07) is 16.0. The number of hydrogen-bond donors (Lipinski definition) is 2. The highest BCUT2D eigenvalue weighted by atomic mass is 79.9. The van der Waals surface area contributed by atoms with Gasteiger partial charge in [0, 0.05) is 22.3 Å². The van der Waals surface area contributed by atoms with Crippen LogP contribution in [0.15, 0.2) is 58.2 Å². The van der Waals surface area contributed by atoms with Gasteiger partial charge in [0.25, 0.3) is 0 Å². The van der Waals surface area contributed by atoms with Crippen LogP contribution in [0.5, 0.6) is 0 Å². The second-order valence-electron chi connectivity index (χ2n) is 6.07. The molecule has 0 spiro atoms. The van der Waals surface area contributed by atoms with Crippen molar-refractivity contribution in [2.24, 2.45) is 0 Å². The minimum Gasteiger partial charge on any atom is -0.337 e. The minimum atomic E-state index is -0.0425. The Balaban J connectivity index is 1.57. The van der Waals surface area contributed by atoms with Crippen molar-refractivity contribution < 1.29 is 4.79 Å². The van der Waals surface area contributed by atoms with Crippen LogP contribution in [0.2, 0.25) is 0 Å². The Labute approximate surface area is 166 Å². The molecule has 0 radical (unpaired) electrons. The molecule has 26 heavy (non-hydrogen) atoms. The molecule has 1 heterocycles. The molecule has 3 rings (SSSR count). The Morgan fingerprint density at radius 3 is 2.69 bits per heavy atom. The number of anilines is 1. The first-order valence-corrected chi connectivity index (χ1v) is 10.1. The van der Waals surface area contributed by atoms with Gasteiger partial charge in [-0.1, -0.05) is 58.0 Å². The largest absolute Gasteiger partial charge is 0.337 e. The van der Waals surface area contributed by atoms with Gasteiger partial charge in [-0.15, -0.1) is 0 Å². The first kappa shape index (κ1) is 18.7. The van der Waals surface area contributed by atoms with Crippen LogP contribution in [0.25, 0.3) is 0 Å². The van der Waals surface area contributed by atoms with E-state index in [2.05, 4.69) is 43.3 Å². The van der Waals surface area contributed by atoms with Crippen molar-refractivity contribution in [3.8, 4) is 0 Å². The highest BCUT2D eigenvalue weighted by Crippen LogP contribution is 2.22. The molecular weight excluding hydrogens is 410 g/mol. The van der Waals surface area contributed by atoms with Crippen LogP contribution < -0.4 is 5.32 Å². The number of imidazole rings is 1. The second kappa shape index (κ2) is 8.56. The summed E-state index contributed by atoms with van der Waals surface area (Å²) >= 11 is 4.84. The molecule has 1 aromatic heterocycles. The molecule has 0 aliphatic heterocycles. The summed E-state index contributed by atoms with van der Waals surface area (Å²) in [6.07, 6.45) is 0.786. The first-order valence-electron chi connectivity index (χ1n) is 8.29. The molecule has 0 aliphatic carbocycles. The first-order chi connectivity index (χ1) is 12.5. The van der Waals surface area contributed by atoms with E-state index in [1.807, 2.05) is 50.2 Å². The lowest BCUT2D eigenvalue weighted by Gasteiger charge is -2.08. The number of nitrogens with one attached hydrogen (secondary N) is 2. The van der Waals surface area contributed by atoms with Crippen LogP contribution in [-0.2, 0) is 11.2 Å². The van der Waals surface area contributed by atoms with Gasteiger partial charge in [0.2, 0.25) is 5.91 Å². The van der Waals surface area contributed by atoms with Crippen molar-refractivity contribution in [2.45, 2.75) is 25.4 Å². The third-order valence-corrected chi connectivity index (χ3v) is 5.35. The lowest BCUT2D eigenvalue weighted by Crippen LogP contribution is -2.14. The molecule has 0 unspecified atom stereocenters.